The molecule has 1 aromatic heterocycles. The lowest BCUT2D eigenvalue weighted by molar-refractivity contribution is -0.142. The van der Waals surface area contributed by atoms with Gasteiger partial charge >= 0.3 is 11.9 Å². The van der Waals surface area contributed by atoms with Crippen LogP contribution in [0.1, 0.15) is 28.8 Å². The second kappa shape index (κ2) is 8.11. The Labute approximate surface area is 176 Å². The van der Waals surface area contributed by atoms with Crippen molar-refractivity contribution in [3.05, 3.63) is 53.6 Å². The first-order valence-corrected chi connectivity index (χ1v) is 10.3. The molecule has 0 saturated carbocycles. The zero-order valence-electron chi connectivity index (χ0n) is 16.0. The summed E-state index contributed by atoms with van der Waals surface area (Å²) in [6.45, 7) is 1.31. The Morgan fingerprint density at radius 1 is 1.13 bits per heavy atom. The number of aromatic nitrogens is 1. The SMILES string of the molecule is N=C(N)c1ccc(OC(=O)c2ccc3nc(N4CCC(C(=O)O)CC4)sc3c2)cc1. The number of carboxylic acid groups (broad SMARTS) is 1. The van der Waals surface area contributed by atoms with Crippen LogP contribution in [-0.2, 0) is 4.79 Å². The number of ether oxygens (including phenoxy) is 1. The number of aliphatic carboxylic acids is 1. The van der Waals surface area contributed by atoms with Gasteiger partial charge in [-0.1, -0.05) is 11.3 Å². The van der Waals surface area contributed by atoms with E-state index in [1.54, 1.807) is 42.5 Å². The number of benzene rings is 2. The van der Waals surface area contributed by atoms with Crippen molar-refractivity contribution in [3.8, 4) is 5.75 Å². The van der Waals surface area contributed by atoms with Crippen LogP contribution < -0.4 is 15.4 Å². The molecule has 8 nitrogen and oxygen atoms in total. The maximum Gasteiger partial charge on any atom is 0.343 e. The predicted octanol–water partition coefficient (Wildman–Crippen LogP) is 3.10. The molecule has 30 heavy (non-hydrogen) atoms. The molecular weight excluding hydrogens is 404 g/mol. The van der Waals surface area contributed by atoms with Gasteiger partial charge in [-0.25, -0.2) is 9.78 Å². The quantitative estimate of drug-likeness (QED) is 0.248. The monoisotopic (exact) mass is 424 g/mol. The van der Waals surface area contributed by atoms with E-state index in [1.807, 2.05) is 0 Å². The van der Waals surface area contributed by atoms with Gasteiger partial charge in [-0.2, -0.15) is 0 Å². The number of amidine groups is 1. The average molecular weight is 424 g/mol. The molecule has 0 amide bonds. The third-order valence-electron chi connectivity index (χ3n) is 5.10. The summed E-state index contributed by atoms with van der Waals surface area (Å²) < 4.78 is 6.28. The maximum absolute atomic E-state index is 12.5. The summed E-state index contributed by atoms with van der Waals surface area (Å²) in [5, 5.41) is 17.4. The predicted molar refractivity (Wildman–Crippen MR) is 115 cm³/mol. The number of thiazole rings is 1. The highest BCUT2D eigenvalue weighted by atomic mass is 32.1. The summed E-state index contributed by atoms with van der Waals surface area (Å²) in [4.78, 5) is 30.4. The van der Waals surface area contributed by atoms with E-state index < -0.39 is 11.9 Å². The molecule has 9 heteroatoms. The molecule has 0 spiro atoms. The number of nitrogens with zero attached hydrogens (tertiary/aromatic N) is 2. The van der Waals surface area contributed by atoms with Crippen LogP contribution >= 0.6 is 11.3 Å². The average Bonchev–Trinajstić information content (AvgIpc) is 3.17. The highest BCUT2D eigenvalue weighted by molar-refractivity contribution is 7.22. The number of fused-ring (bicyclic) bond motifs is 1. The molecule has 3 aromatic rings. The van der Waals surface area contributed by atoms with Crippen LogP contribution in [0.5, 0.6) is 5.75 Å². The van der Waals surface area contributed by atoms with Crippen molar-refractivity contribution in [1.29, 1.82) is 5.41 Å². The van der Waals surface area contributed by atoms with Crippen LogP contribution in [0.25, 0.3) is 10.2 Å². The first-order valence-electron chi connectivity index (χ1n) is 9.45. The number of nitrogens with one attached hydrogen (secondary N) is 1. The minimum absolute atomic E-state index is 0.0495. The summed E-state index contributed by atoms with van der Waals surface area (Å²) in [5.74, 6) is -1.19. The van der Waals surface area contributed by atoms with Crippen LogP contribution in [-0.4, -0.2) is 41.0 Å². The van der Waals surface area contributed by atoms with E-state index in [-0.39, 0.29) is 11.8 Å². The summed E-state index contributed by atoms with van der Waals surface area (Å²) in [7, 11) is 0. The molecule has 2 heterocycles. The number of anilines is 1. The summed E-state index contributed by atoms with van der Waals surface area (Å²) in [6, 6.07) is 11.7. The van der Waals surface area contributed by atoms with Gasteiger partial charge < -0.3 is 20.5 Å². The van der Waals surface area contributed by atoms with Crippen molar-refractivity contribution in [2.75, 3.05) is 18.0 Å². The molecule has 1 fully saturated rings. The van der Waals surface area contributed by atoms with E-state index in [2.05, 4.69) is 9.88 Å². The van der Waals surface area contributed by atoms with Crippen molar-refractivity contribution in [3.63, 3.8) is 0 Å². The Balaban J connectivity index is 1.47. The van der Waals surface area contributed by atoms with E-state index in [0.29, 0.717) is 42.8 Å². The first kappa shape index (κ1) is 19.8. The number of rotatable bonds is 5. The van der Waals surface area contributed by atoms with E-state index in [4.69, 9.17) is 21.0 Å². The molecule has 0 bridgehead atoms. The highest BCUT2D eigenvalue weighted by Crippen LogP contribution is 2.32. The van der Waals surface area contributed by atoms with E-state index >= 15 is 0 Å². The van der Waals surface area contributed by atoms with E-state index in [1.165, 1.54) is 11.3 Å². The van der Waals surface area contributed by atoms with Gasteiger partial charge in [0.1, 0.15) is 11.6 Å². The molecule has 0 atom stereocenters. The van der Waals surface area contributed by atoms with Gasteiger partial charge in [0.25, 0.3) is 0 Å². The van der Waals surface area contributed by atoms with Crippen LogP contribution in [0.15, 0.2) is 42.5 Å². The van der Waals surface area contributed by atoms with Crippen LogP contribution in [0, 0.1) is 11.3 Å². The second-order valence-electron chi connectivity index (χ2n) is 7.11. The van der Waals surface area contributed by atoms with Gasteiger partial charge in [-0.3, -0.25) is 10.2 Å². The van der Waals surface area contributed by atoms with Crippen LogP contribution in [0.4, 0.5) is 5.13 Å². The Morgan fingerprint density at radius 2 is 1.80 bits per heavy atom. The van der Waals surface area contributed by atoms with Gasteiger partial charge in [0.2, 0.25) is 0 Å². The van der Waals surface area contributed by atoms with Gasteiger partial charge in [-0.05, 0) is 55.3 Å². The number of hydrogen-bond acceptors (Lipinski definition) is 7. The molecule has 0 radical (unpaired) electrons. The van der Waals surface area contributed by atoms with E-state index in [9.17, 15) is 9.59 Å². The number of hydrogen-bond donors (Lipinski definition) is 3. The van der Waals surface area contributed by atoms with Crippen LogP contribution in [0.2, 0.25) is 0 Å². The zero-order valence-corrected chi connectivity index (χ0v) is 16.8. The molecule has 1 saturated heterocycles. The fourth-order valence-electron chi connectivity index (χ4n) is 3.36. The van der Waals surface area contributed by atoms with Gasteiger partial charge in [0.05, 0.1) is 21.7 Å². The molecule has 1 aliphatic heterocycles. The van der Waals surface area contributed by atoms with Crippen molar-refractivity contribution < 1.29 is 19.4 Å². The standard InChI is InChI=1S/C21H20N4O4S/c22-18(23)12-1-4-15(5-2-12)29-20(28)14-3-6-16-17(11-14)30-21(24-16)25-9-7-13(8-10-25)19(26)27/h1-6,11,13H,7-10H2,(H3,22,23)(H,26,27). The molecule has 4 N–H and O–H groups in total. The zero-order chi connectivity index (χ0) is 21.3. The fraction of sp³-hybridized carbons (Fsp3) is 0.238. The normalized spacial score (nSPS) is 14.6. The fourth-order valence-corrected chi connectivity index (χ4v) is 4.42. The minimum Gasteiger partial charge on any atom is -0.481 e. The maximum atomic E-state index is 12.5. The number of esters is 1. The highest BCUT2D eigenvalue weighted by Gasteiger charge is 2.26. The smallest absolute Gasteiger partial charge is 0.343 e. The van der Waals surface area contributed by atoms with Gasteiger partial charge in [0, 0.05) is 18.7 Å². The van der Waals surface area contributed by atoms with Gasteiger partial charge in [-0.15, -0.1) is 0 Å². The Bertz CT molecular complexity index is 1120. The first-order chi connectivity index (χ1) is 14.4. The lowest BCUT2D eigenvalue weighted by atomic mass is 9.98. The third-order valence-corrected chi connectivity index (χ3v) is 6.18. The Hall–Kier alpha value is -3.46. The number of carbonyl (C=O) groups excluding carboxylic acids is 1. The number of nitrogens with two attached hydrogens (primary N) is 1. The topological polar surface area (TPSA) is 130 Å². The molecule has 154 valence electrons. The number of nitrogen functional groups attached to an aromatic ring is 1. The molecule has 0 unspecified atom stereocenters. The van der Waals surface area contributed by atoms with Crippen molar-refractivity contribution >= 4 is 44.5 Å². The number of carbonyl (C=O) groups is 2. The summed E-state index contributed by atoms with van der Waals surface area (Å²) in [5.41, 5.74) is 7.19. The summed E-state index contributed by atoms with van der Waals surface area (Å²) in [6.07, 6.45) is 1.20. The molecule has 2 aromatic carbocycles. The minimum atomic E-state index is -0.738. The van der Waals surface area contributed by atoms with Gasteiger partial charge in [0.15, 0.2) is 5.13 Å². The van der Waals surface area contributed by atoms with Crippen LogP contribution in [0.3, 0.4) is 0 Å². The van der Waals surface area contributed by atoms with E-state index in [0.717, 1.165) is 15.3 Å². The molecule has 4 rings (SSSR count). The lowest BCUT2D eigenvalue weighted by Crippen LogP contribution is -2.36. The van der Waals surface area contributed by atoms with Crippen molar-refractivity contribution in [2.24, 2.45) is 11.7 Å². The molecular formula is C21H20N4O4S. The summed E-state index contributed by atoms with van der Waals surface area (Å²) >= 11 is 1.48. The second-order valence-corrected chi connectivity index (χ2v) is 8.12. The Morgan fingerprint density at radius 3 is 2.43 bits per heavy atom. The molecule has 0 aliphatic carbocycles. The Kier molecular flexibility index (Phi) is 5.37. The number of piperidine rings is 1. The van der Waals surface area contributed by atoms with Crippen molar-refractivity contribution in [2.45, 2.75) is 12.8 Å². The largest absolute Gasteiger partial charge is 0.481 e. The lowest BCUT2D eigenvalue weighted by Gasteiger charge is -2.29. The third kappa shape index (κ3) is 4.11. The van der Waals surface area contributed by atoms with Crippen molar-refractivity contribution in [1.82, 2.24) is 4.98 Å². The number of carboxylic acids is 1. The molecule has 1 aliphatic rings.